The Balaban J connectivity index is 2.58. The quantitative estimate of drug-likeness (QED) is 0.246. The summed E-state index contributed by atoms with van der Waals surface area (Å²) in [6, 6.07) is 1.65. The molecule has 1 aromatic rings. The second-order valence-corrected chi connectivity index (χ2v) is 4.25. The van der Waals surface area contributed by atoms with Gasteiger partial charge in [0.05, 0.1) is 6.54 Å². The summed E-state index contributed by atoms with van der Waals surface area (Å²) in [6.07, 6.45) is 2.78. The van der Waals surface area contributed by atoms with Crippen LogP contribution < -0.4 is 21.9 Å². The van der Waals surface area contributed by atoms with Gasteiger partial charge in [-0.1, -0.05) is 18.7 Å². The Labute approximate surface area is 110 Å². The van der Waals surface area contributed by atoms with E-state index in [-0.39, 0.29) is 12.5 Å². The van der Waals surface area contributed by atoms with Gasteiger partial charge in [0, 0.05) is 12.6 Å². The maximum Gasteiger partial charge on any atom is 0.239 e. The van der Waals surface area contributed by atoms with Gasteiger partial charge in [-0.05, 0) is 12.7 Å². The highest BCUT2D eigenvalue weighted by Gasteiger charge is 2.05. The number of nitrogens with zero attached hydrogens (tertiary/aromatic N) is 2. The van der Waals surface area contributed by atoms with Crippen molar-refractivity contribution < 1.29 is 4.79 Å². The zero-order valence-electron chi connectivity index (χ0n) is 10.5. The van der Waals surface area contributed by atoms with Crippen molar-refractivity contribution in [2.75, 3.05) is 30.1 Å². The van der Waals surface area contributed by atoms with Crippen LogP contribution in [0.2, 0.25) is 0 Å². The van der Waals surface area contributed by atoms with Crippen molar-refractivity contribution >= 4 is 29.3 Å². The molecule has 0 aliphatic rings. The molecule has 0 fully saturated rings. The summed E-state index contributed by atoms with van der Waals surface area (Å²) in [4.78, 5) is 19.8. The monoisotopic (exact) mass is 270 g/mol. The van der Waals surface area contributed by atoms with Gasteiger partial charge in [-0.2, -0.15) is 0 Å². The van der Waals surface area contributed by atoms with E-state index in [9.17, 15) is 4.79 Å². The standard InChI is InChI=1S/C10H18N6OS/c1-3-4-12-9(17)6-13-7-5-8(16-11)15-10(14-7)18-2/h5H,3-4,6,11H2,1-2H3,(H,12,17)(H2,13,14,15,16). The van der Waals surface area contributed by atoms with Crippen molar-refractivity contribution in [3.8, 4) is 0 Å². The molecule has 1 heterocycles. The topological polar surface area (TPSA) is 105 Å². The van der Waals surface area contributed by atoms with Gasteiger partial charge in [0.15, 0.2) is 5.16 Å². The number of hydrazine groups is 1. The fraction of sp³-hybridized carbons (Fsp3) is 0.500. The number of thioether (sulfide) groups is 1. The summed E-state index contributed by atoms with van der Waals surface area (Å²) in [7, 11) is 0. The van der Waals surface area contributed by atoms with E-state index in [1.165, 1.54) is 11.8 Å². The summed E-state index contributed by atoms with van der Waals surface area (Å²) in [5, 5.41) is 6.29. The Kier molecular flexibility index (Phi) is 6.23. The smallest absolute Gasteiger partial charge is 0.239 e. The highest BCUT2D eigenvalue weighted by atomic mass is 32.2. The molecule has 8 heteroatoms. The van der Waals surface area contributed by atoms with E-state index in [4.69, 9.17) is 5.84 Å². The van der Waals surface area contributed by atoms with E-state index >= 15 is 0 Å². The molecule has 0 atom stereocenters. The fourth-order valence-electron chi connectivity index (χ4n) is 1.18. The molecule has 0 spiro atoms. The third-order valence-electron chi connectivity index (χ3n) is 2.04. The number of rotatable bonds is 7. The number of carbonyl (C=O) groups excluding carboxylic acids is 1. The molecule has 0 unspecified atom stereocenters. The zero-order valence-corrected chi connectivity index (χ0v) is 11.3. The van der Waals surface area contributed by atoms with Crippen molar-refractivity contribution in [2.24, 2.45) is 5.84 Å². The number of amides is 1. The summed E-state index contributed by atoms with van der Waals surface area (Å²) >= 11 is 1.40. The van der Waals surface area contributed by atoms with Gasteiger partial charge in [0.25, 0.3) is 0 Å². The first-order valence-electron chi connectivity index (χ1n) is 5.59. The molecule has 1 amide bonds. The van der Waals surface area contributed by atoms with Crippen LogP contribution in [0.4, 0.5) is 11.6 Å². The average Bonchev–Trinajstić information content (AvgIpc) is 2.42. The van der Waals surface area contributed by atoms with Crippen LogP contribution in [0.1, 0.15) is 13.3 Å². The number of nitrogens with one attached hydrogen (secondary N) is 3. The van der Waals surface area contributed by atoms with Gasteiger partial charge in [0.2, 0.25) is 5.91 Å². The Morgan fingerprint density at radius 2 is 2.17 bits per heavy atom. The fourth-order valence-corrected chi connectivity index (χ4v) is 1.56. The van der Waals surface area contributed by atoms with Crippen molar-refractivity contribution in [1.29, 1.82) is 0 Å². The molecule has 0 saturated carbocycles. The minimum absolute atomic E-state index is 0.0663. The van der Waals surface area contributed by atoms with Crippen LogP contribution in [0.5, 0.6) is 0 Å². The van der Waals surface area contributed by atoms with E-state index in [2.05, 4.69) is 26.0 Å². The minimum atomic E-state index is -0.0663. The molecular weight excluding hydrogens is 252 g/mol. The lowest BCUT2D eigenvalue weighted by Crippen LogP contribution is -2.30. The molecule has 0 saturated heterocycles. The summed E-state index contributed by atoms with van der Waals surface area (Å²) in [6.45, 7) is 2.85. The van der Waals surface area contributed by atoms with Crippen LogP contribution in [0.3, 0.4) is 0 Å². The molecule has 1 aromatic heterocycles. The predicted molar refractivity (Wildman–Crippen MR) is 73.4 cm³/mol. The molecule has 18 heavy (non-hydrogen) atoms. The van der Waals surface area contributed by atoms with Gasteiger partial charge in [0.1, 0.15) is 11.6 Å². The number of hydrogen-bond acceptors (Lipinski definition) is 7. The van der Waals surface area contributed by atoms with Crippen LogP contribution >= 0.6 is 11.8 Å². The SMILES string of the molecule is CCCNC(=O)CNc1cc(NN)nc(SC)n1. The molecule has 0 aromatic carbocycles. The van der Waals surface area contributed by atoms with Gasteiger partial charge >= 0.3 is 0 Å². The van der Waals surface area contributed by atoms with E-state index in [0.29, 0.717) is 23.3 Å². The number of carbonyl (C=O) groups is 1. The third kappa shape index (κ3) is 4.76. The lowest BCUT2D eigenvalue weighted by atomic mass is 10.4. The average molecular weight is 270 g/mol. The van der Waals surface area contributed by atoms with Gasteiger partial charge in [-0.25, -0.2) is 15.8 Å². The van der Waals surface area contributed by atoms with Crippen LogP contribution in [0.25, 0.3) is 0 Å². The lowest BCUT2D eigenvalue weighted by molar-refractivity contribution is -0.119. The van der Waals surface area contributed by atoms with E-state index in [1.807, 2.05) is 13.2 Å². The van der Waals surface area contributed by atoms with E-state index < -0.39 is 0 Å². The molecular formula is C10H18N6OS. The van der Waals surface area contributed by atoms with Crippen molar-refractivity contribution in [3.05, 3.63) is 6.07 Å². The molecule has 0 bridgehead atoms. The number of aromatic nitrogens is 2. The van der Waals surface area contributed by atoms with Gasteiger partial charge in [-0.3, -0.25) is 4.79 Å². The number of nitrogens with two attached hydrogens (primary N) is 1. The second-order valence-electron chi connectivity index (χ2n) is 3.47. The largest absolute Gasteiger partial charge is 0.361 e. The molecule has 0 aliphatic carbocycles. The maximum absolute atomic E-state index is 11.4. The number of nitrogen functional groups attached to an aromatic ring is 1. The van der Waals surface area contributed by atoms with Gasteiger partial charge in [-0.15, -0.1) is 0 Å². The van der Waals surface area contributed by atoms with E-state index in [0.717, 1.165) is 6.42 Å². The number of anilines is 2. The van der Waals surface area contributed by atoms with Crippen LogP contribution in [0.15, 0.2) is 11.2 Å². The van der Waals surface area contributed by atoms with Crippen molar-refractivity contribution in [2.45, 2.75) is 18.5 Å². The summed E-state index contributed by atoms with van der Waals surface area (Å²) in [5.41, 5.74) is 2.46. The highest BCUT2D eigenvalue weighted by Crippen LogP contribution is 2.16. The molecule has 1 rings (SSSR count). The molecule has 100 valence electrons. The molecule has 5 N–H and O–H groups in total. The van der Waals surface area contributed by atoms with Crippen LogP contribution in [-0.2, 0) is 4.79 Å². The Hall–Kier alpha value is -1.54. The highest BCUT2D eigenvalue weighted by molar-refractivity contribution is 7.98. The predicted octanol–water partition coefficient (Wildman–Crippen LogP) is 0.422. The van der Waals surface area contributed by atoms with Crippen LogP contribution in [0, 0.1) is 0 Å². The Bertz CT molecular complexity index is 378. The lowest BCUT2D eigenvalue weighted by Gasteiger charge is -2.08. The Morgan fingerprint density at radius 3 is 2.78 bits per heavy atom. The maximum atomic E-state index is 11.4. The van der Waals surface area contributed by atoms with Crippen LogP contribution in [-0.4, -0.2) is 35.2 Å². The number of hydrogen-bond donors (Lipinski definition) is 4. The minimum Gasteiger partial charge on any atom is -0.361 e. The Morgan fingerprint density at radius 1 is 1.44 bits per heavy atom. The summed E-state index contributed by atoms with van der Waals surface area (Å²) < 4.78 is 0. The first-order valence-corrected chi connectivity index (χ1v) is 6.82. The molecule has 7 nitrogen and oxygen atoms in total. The zero-order chi connectivity index (χ0) is 13.4. The van der Waals surface area contributed by atoms with Crippen molar-refractivity contribution in [3.63, 3.8) is 0 Å². The first-order chi connectivity index (χ1) is 8.69. The third-order valence-corrected chi connectivity index (χ3v) is 2.59. The van der Waals surface area contributed by atoms with Gasteiger partial charge < -0.3 is 16.1 Å². The summed E-state index contributed by atoms with van der Waals surface area (Å²) in [5.74, 6) is 6.31. The van der Waals surface area contributed by atoms with E-state index in [1.54, 1.807) is 6.07 Å². The van der Waals surface area contributed by atoms with Crippen molar-refractivity contribution in [1.82, 2.24) is 15.3 Å². The molecule has 0 radical (unpaired) electrons. The second kappa shape index (κ2) is 7.72. The normalized spacial score (nSPS) is 9.94. The first kappa shape index (κ1) is 14.5. The molecule has 0 aliphatic heterocycles.